The van der Waals surface area contributed by atoms with Gasteiger partial charge in [-0.05, 0) is 17.5 Å². The van der Waals surface area contributed by atoms with Gasteiger partial charge in [0.15, 0.2) is 0 Å². The summed E-state index contributed by atoms with van der Waals surface area (Å²) in [6.45, 7) is 4.55. The second kappa shape index (κ2) is 4.23. The Morgan fingerprint density at radius 1 is 1.62 bits per heavy atom. The fourth-order valence-electron chi connectivity index (χ4n) is 1.17. The minimum Gasteiger partial charge on any atom is -0.326 e. The van der Waals surface area contributed by atoms with Crippen LogP contribution in [0.5, 0.6) is 0 Å². The van der Waals surface area contributed by atoms with E-state index in [0.29, 0.717) is 18.9 Å². The lowest BCUT2D eigenvalue weighted by molar-refractivity contribution is 0.0887. The smallest absolute Gasteiger partial charge is 0.230 e. The number of hydrogen-bond acceptors (Lipinski definition) is 2. The van der Waals surface area contributed by atoms with Gasteiger partial charge in [0.25, 0.3) is 0 Å². The third-order valence-electron chi connectivity index (χ3n) is 1.86. The summed E-state index contributed by atoms with van der Waals surface area (Å²) in [6.07, 6.45) is 4.15. The Morgan fingerprint density at radius 3 is 2.77 bits per heavy atom. The van der Waals surface area contributed by atoms with Crippen molar-refractivity contribution in [1.82, 2.24) is 4.57 Å². The number of hydrogen-bond donors (Lipinski definition) is 1. The molecule has 0 fully saturated rings. The lowest BCUT2D eigenvalue weighted by Crippen LogP contribution is -2.10. The highest BCUT2D eigenvalue weighted by molar-refractivity contribution is 5.79. The summed E-state index contributed by atoms with van der Waals surface area (Å²) in [4.78, 5) is 11.5. The lowest BCUT2D eigenvalue weighted by atomic mass is 10.1. The molecule has 0 saturated heterocycles. The molecule has 0 aliphatic rings. The molecule has 1 rings (SSSR count). The minimum absolute atomic E-state index is 0.134. The summed E-state index contributed by atoms with van der Waals surface area (Å²) in [5.74, 6) is 0.533. The molecule has 0 radical (unpaired) electrons. The van der Waals surface area contributed by atoms with E-state index in [-0.39, 0.29) is 5.91 Å². The van der Waals surface area contributed by atoms with E-state index in [1.165, 1.54) is 0 Å². The van der Waals surface area contributed by atoms with Crippen molar-refractivity contribution in [2.45, 2.75) is 26.8 Å². The molecule has 3 nitrogen and oxygen atoms in total. The molecule has 3 heteroatoms. The van der Waals surface area contributed by atoms with Crippen LogP contribution in [0.1, 0.15) is 30.6 Å². The van der Waals surface area contributed by atoms with Crippen LogP contribution in [0, 0.1) is 5.92 Å². The molecule has 72 valence electrons. The van der Waals surface area contributed by atoms with Gasteiger partial charge in [0.2, 0.25) is 5.91 Å². The quantitative estimate of drug-likeness (QED) is 0.768. The first kappa shape index (κ1) is 9.99. The van der Waals surface area contributed by atoms with Crippen molar-refractivity contribution in [1.29, 1.82) is 0 Å². The number of carbonyl (C=O) groups excluding carboxylic acids is 1. The largest absolute Gasteiger partial charge is 0.326 e. The Bertz CT molecular complexity index is 289. The summed E-state index contributed by atoms with van der Waals surface area (Å²) >= 11 is 0. The molecule has 1 aromatic heterocycles. The molecule has 1 aromatic rings. The maximum Gasteiger partial charge on any atom is 0.230 e. The Kier molecular flexibility index (Phi) is 3.25. The first-order valence-electron chi connectivity index (χ1n) is 4.53. The molecule has 0 unspecified atom stereocenters. The summed E-state index contributed by atoms with van der Waals surface area (Å²) in [5.41, 5.74) is 6.44. The van der Waals surface area contributed by atoms with Gasteiger partial charge in [0.1, 0.15) is 0 Å². The number of nitrogens with zero attached hydrogens (tertiary/aromatic N) is 1. The van der Waals surface area contributed by atoms with Gasteiger partial charge < -0.3 is 5.73 Å². The van der Waals surface area contributed by atoms with Gasteiger partial charge in [-0.2, -0.15) is 0 Å². The second-order valence-electron chi connectivity index (χ2n) is 3.62. The van der Waals surface area contributed by atoms with E-state index in [9.17, 15) is 4.79 Å². The zero-order chi connectivity index (χ0) is 9.84. The van der Waals surface area contributed by atoms with Gasteiger partial charge in [-0.3, -0.25) is 9.36 Å². The second-order valence-corrected chi connectivity index (χ2v) is 3.62. The summed E-state index contributed by atoms with van der Waals surface area (Å²) in [6, 6.07) is 1.87. The van der Waals surface area contributed by atoms with Gasteiger partial charge in [-0.15, -0.1) is 0 Å². The Hall–Kier alpha value is -1.09. The number of carbonyl (C=O) groups is 1. The SMILES string of the molecule is CC(C)CC(=O)n1ccc(CN)c1. The molecule has 0 atom stereocenters. The van der Waals surface area contributed by atoms with Crippen molar-refractivity contribution in [3.05, 3.63) is 24.0 Å². The molecular formula is C10H16N2O. The maximum absolute atomic E-state index is 11.5. The van der Waals surface area contributed by atoms with E-state index in [1.54, 1.807) is 17.0 Å². The standard InChI is InChI=1S/C10H16N2O/c1-8(2)5-10(13)12-4-3-9(6-11)7-12/h3-4,7-8H,5-6,11H2,1-2H3. The maximum atomic E-state index is 11.5. The summed E-state index contributed by atoms with van der Waals surface area (Å²) < 4.78 is 1.61. The van der Waals surface area contributed by atoms with E-state index in [1.807, 2.05) is 19.9 Å². The first-order valence-corrected chi connectivity index (χ1v) is 4.53. The zero-order valence-corrected chi connectivity index (χ0v) is 8.16. The van der Waals surface area contributed by atoms with Crippen LogP contribution in [0.3, 0.4) is 0 Å². The fraction of sp³-hybridized carbons (Fsp3) is 0.500. The fourth-order valence-corrected chi connectivity index (χ4v) is 1.17. The van der Waals surface area contributed by atoms with Crippen LogP contribution >= 0.6 is 0 Å². The zero-order valence-electron chi connectivity index (χ0n) is 8.16. The Morgan fingerprint density at radius 2 is 2.31 bits per heavy atom. The molecule has 0 bridgehead atoms. The van der Waals surface area contributed by atoms with E-state index in [0.717, 1.165) is 5.56 Å². The van der Waals surface area contributed by atoms with E-state index in [4.69, 9.17) is 5.73 Å². The summed E-state index contributed by atoms with van der Waals surface area (Å²) in [5, 5.41) is 0. The predicted molar refractivity (Wildman–Crippen MR) is 52.4 cm³/mol. The summed E-state index contributed by atoms with van der Waals surface area (Å²) in [7, 11) is 0. The van der Waals surface area contributed by atoms with Crippen LogP contribution in [0.2, 0.25) is 0 Å². The molecule has 13 heavy (non-hydrogen) atoms. The molecule has 2 N–H and O–H groups in total. The van der Waals surface area contributed by atoms with Gasteiger partial charge in [0.05, 0.1) is 0 Å². The van der Waals surface area contributed by atoms with E-state index < -0.39 is 0 Å². The highest BCUT2D eigenvalue weighted by atomic mass is 16.1. The molecule has 0 amide bonds. The highest BCUT2D eigenvalue weighted by Gasteiger charge is 2.06. The lowest BCUT2D eigenvalue weighted by Gasteiger charge is -2.03. The normalized spacial score (nSPS) is 10.8. The van der Waals surface area contributed by atoms with Crippen molar-refractivity contribution in [3.8, 4) is 0 Å². The van der Waals surface area contributed by atoms with E-state index in [2.05, 4.69) is 0 Å². The van der Waals surface area contributed by atoms with Crippen LogP contribution in [0.15, 0.2) is 18.5 Å². The minimum atomic E-state index is 0.134. The number of rotatable bonds is 3. The average molecular weight is 180 g/mol. The third kappa shape index (κ3) is 2.70. The highest BCUT2D eigenvalue weighted by Crippen LogP contribution is 2.05. The van der Waals surface area contributed by atoms with Crippen LogP contribution < -0.4 is 5.73 Å². The molecule has 0 aliphatic heterocycles. The topological polar surface area (TPSA) is 48.0 Å². The monoisotopic (exact) mass is 180 g/mol. The molecular weight excluding hydrogens is 164 g/mol. The van der Waals surface area contributed by atoms with Crippen LogP contribution in [0.25, 0.3) is 0 Å². The van der Waals surface area contributed by atoms with E-state index >= 15 is 0 Å². The van der Waals surface area contributed by atoms with Crippen molar-refractivity contribution in [2.75, 3.05) is 0 Å². The Labute approximate surface area is 78.5 Å². The third-order valence-corrected chi connectivity index (χ3v) is 1.86. The predicted octanol–water partition coefficient (Wildman–Crippen LogP) is 1.63. The Balaban J connectivity index is 2.66. The molecule has 0 aromatic carbocycles. The molecule has 1 heterocycles. The van der Waals surface area contributed by atoms with Crippen molar-refractivity contribution >= 4 is 5.91 Å². The van der Waals surface area contributed by atoms with Crippen molar-refractivity contribution in [2.24, 2.45) is 11.7 Å². The molecule has 0 saturated carbocycles. The first-order chi connectivity index (χ1) is 6.13. The molecule has 0 aliphatic carbocycles. The van der Waals surface area contributed by atoms with Crippen LogP contribution in [0.4, 0.5) is 0 Å². The van der Waals surface area contributed by atoms with Gasteiger partial charge in [-0.1, -0.05) is 13.8 Å². The van der Waals surface area contributed by atoms with Crippen LogP contribution in [-0.2, 0) is 6.54 Å². The van der Waals surface area contributed by atoms with Gasteiger partial charge >= 0.3 is 0 Å². The van der Waals surface area contributed by atoms with Crippen LogP contribution in [-0.4, -0.2) is 10.5 Å². The van der Waals surface area contributed by atoms with Crippen molar-refractivity contribution < 1.29 is 4.79 Å². The van der Waals surface area contributed by atoms with Gasteiger partial charge in [-0.25, -0.2) is 0 Å². The number of aromatic nitrogens is 1. The average Bonchev–Trinajstić information content (AvgIpc) is 2.50. The van der Waals surface area contributed by atoms with Gasteiger partial charge in [0, 0.05) is 25.4 Å². The molecule has 0 spiro atoms. The van der Waals surface area contributed by atoms with Crippen molar-refractivity contribution in [3.63, 3.8) is 0 Å². The number of nitrogens with two attached hydrogens (primary N) is 1.